The Bertz CT molecular complexity index is 598. The number of aryl methyl sites for hydroxylation is 1. The predicted molar refractivity (Wildman–Crippen MR) is 87.7 cm³/mol. The van der Waals surface area contributed by atoms with Gasteiger partial charge in [-0.1, -0.05) is 13.0 Å². The molecule has 0 bridgehead atoms. The lowest BCUT2D eigenvalue weighted by Gasteiger charge is -2.13. The zero-order valence-corrected chi connectivity index (χ0v) is 13.6. The van der Waals surface area contributed by atoms with E-state index in [1.54, 1.807) is 6.33 Å². The molecule has 0 fully saturated rings. The average Bonchev–Trinajstić information content (AvgIpc) is 2.42. The molecule has 1 heterocycles. The van der Waals surface area contributed by atoms with Crippen LogP contribution < -0.4 is 10.6 Å². The van der Waals surface area contributed by atoms with Crippen LogP contribution in [0.25, 0.3) is 0 Å². The van der Waals surface area contributed by atoms with Crippen LogP contribution in [0.15, 0.2) is 29.0 Å². The molecular formula is C15H19BrN4. The monoisotopic (exact) mass is 334 g/mol. The molecule has 20 heavy (non-hydrogen) atoms. The zero-order valence-electron chi connectivity index (χ0n) is 12.0. The van der Waals surface area contributed by atoms with Gasteiger partial charge in [0.2, 0.25) is 0 Å². The fourth-order valence-electron chi connectivity index (χ4n) is 1.85. The van der Waals surface area contributed by atoms with Crippen LogP contribution >= 0.6 is 15.9 Å². The highest BCUT2D eigenvalue weighted by molar-refractivity contribution is 9.10. The van der Waals surface area contributed by atoms with Gasteiger partial charge in [-0.15, -0.1) is 0 Å². The van der Waals surface area contributed by atoms with Gasteiger partial charge >= 0.3 is 0 Å². The fourth-order valence-corrected chi connectivity index (χ4v) is 2.44. The summed E-state index contributed by atoms with van der Waals surface area (Å²) in [6.45, 7) is 7.12. The molecule has 0 atom stereocenters. The Morgan fingerprint density at radius 3 is 2.60 bits per heavy atom. The van der Waals surface area contributed by atoms with Crippen molar-refractivity contribution in [3.05, 3.63) is 40.1 Å². The second-order valence-electron chi connectivity index (χ2n) is 4.73. The van der Waals surface area contributed by atoms with Crippen molar-refractivity contribution in [3.63, 3.8) is 0 Å². The van der Waals surface area contributed by atoms with Crippen LogP contribution in [-0.2, 0) is 0 Å². The zero-order chi connectivity index (χ0) is 14.5. The molecule has 2 rings (SSSR count). The van der Waals surface area contributed by atoms with Crippen molar-refractivity contribution in [1.29, 1.82) is 0 Å². The molecular weight excluding hydrogens is 316 g/mol. The average molecular weight is 335 g/mol. The van der Waals surface area contributed by atoms with Crippen LogP contribution in [0.4, 0.5) is 17.3 Å². The van der Waals surface area contributed by atoms with Gasteiger partial charge in [0, 0.05) is 16.6 Å². The van der Waals surface area contributed by atoms with Crippen LogP contribution in [0.1, 0.15) is 24.5 Å². The van der Waals surface area contributed by atoms with Gasteiger partial charge in [-0.25, -0.2) is 9.97 Å². The molecule has 0 saturated carbocycles. The van der Waals surface area contributed by atoms with Gasteiger partial charge in [0.25, 0.3) is 0 Å². The smallest absolute Gasteiger partial charge is 0.138 e. The van der Waals surface area contributed by atoms with Gasteiger partial charge in [0.05, 0.1) is 5.69 Å². The Labute approximate surface area is 128 Å². The summed E-state index contributed by atoms with van der Waals surface area (Å²) in [7, 11) is 0. The summed E-state index contributed by atoms with van der Waals surface area (Å²) in [6, 6.07) is 6.19. The van der Waals surface area contributed by atoms with Crippen molar-refractivity contribution in [2.75, 3.05) is 17.2 Å². The number of benzene rings is 1. The number of rotatable bonds is 5. The van der Waals surface area contributed by atoms with Crippen LogP contribution in [0.3, 0.4) is 0 Å². The molecule has 0 aliphatic rings. The first-order valence-corrected chi connectivity index (χ1v) is 7.49. The number of halogens is 1. The first kappa shape index (κ1) is 14.8. The number of hydrogen-bond acceptors (Lipinski definition) is 4. The minimum atomic E-state index is 0.822. The molecule has 0 aliphatic carbocycles. The van der Waals surface area contributed by atoms with Crippen molar-refractivity contribution in [2.24, 2.45) is 0 Å². The molecule has 5 heteroatoms. The fraction of sp³-hybridized carbons (Fsp3) is 0.333. The number of hydrogen-bond donors (Lipinski definition) is 2. The first-order valence-electron chi connectivity index (χ1n) is 6.70. The topological polar surface area (TPSA) is 49.8 Å². The molecule has 0 amide bonds. The molecule has 0 unspecified atom stereocenters. The van der Waals surface area contributed by atoms with Gasteiger partial charge in [0.1, 0.15) is 18.0 Å². The highest BCUT2D eigenvalue weighted by atomic mass is 79.9. The molecule has 0 radical (unpaired) electrons. The third kappa shape index (κ3) is 3.48. The maximum Gasteiger partial charge on any atom is 0.138 e. The molecule has 2 aromatic rings. The van der Waals surface area contributed by atoms with E-state index in [0.717, 1.165) is 40.3 Å². The van der Waals surface area contributed by atoms with Crippen molar-refractivity contribution < 1.29 is 0 Å². The lowest BCUT2D eigenvalue weighted by molar-refractivity contribution is 0.960. The van der Waals surface area contributed by atoms with Crippen molar-refractivity contribution >= 4 is 33.3 Å². The second kappa shape index (κ2) is 6.70. The summed E-state index contributed by atoms with van der Waals surface area (Å²) in [5.41, 5.74) is 3.24. The summed E-state index contributed by atoms with van der Waals surface area (Å²) < 4.78 is 1.03. The minimum absolute atomic E-state index is 0.822. The number of nitrogens with one attached hydrogen (secondary N) is 2. The van der Waals surface area contributed by atoms with Gasteiger partial charge in [0.15, 0.2) is 0 Å². The Morgan fingerprint density at radius 1 is 1.15 bits per heavy atom. The molecule has 0 saturated heterocycles. The van der Waals surface area contributed by atoms with Crippen LogP contribution in [-0.4, -0.2) is 16.5 Å². The quantitative estimate of drug-likeness (QED) is 0.849. The van der Waals surface area contributed by atoms with E-state index in [1.807, 2.05) is 13.0 Å². The molecule has 0 aliphatic heterocycles. The first-order chi connectivity index (χ1) is 9.61. The third-order valence-corrected chi connectivity index (χ3v) is 3.66. The molecule has 1 aromatic carbocycles. The Hall–Kier alpha value is -1.62. The van der Waals surface area contributed by atoms with Crippen LogP contribution in [0, 0.1) is 13.8 Å². The highest BCUT2D eigenvalue weighted by Gasteiger charge is 2.08. The van der Waals surface area contributed by atoms with E-state index in [4.69, 9.17) is 0 Å². The Balaban J connectivity index is 2.24. The lowest BCUT2D eigenvalue weighted by atomic mass is 10.2. The molecule has 1 aromatic heterocycles. The largest absolute Gasteiger partial charge is 0.370 e. The Kier molecular flexibility index (Phi) is 4.95. The van der Waals surface area contributed by atoms with Gasteiger partial charge < -0.3 is 10.6 Å². The summed E-state index contributed by atoms with van der Waals surface area (Å²) in [6.07, 6.45) is 2.64. The SMILES string of the molecule is CCCNc1ncnc(Nc2ccc(C)cc2Br)c1C. The standard InChI is InChI=1S/C15H19BrN4/c1-4-7-17-14-11(3)15(19-9-18-14)20-13-6-5-10(2)8-12(13)16/h5-6,8-9H,4,7H2,1-3H3,(H2,17,18,19,20). The van der Waals surface area contributed by atoms with Crippen molar-refractivity contribution in [3.8, 4) is 0 Å². The maximum absolute atomic E-state index is 4.32. The summed E-state index contributed by atoms with van der Waals surface area (Å²) >= 11 is 3.57. The minimum Gasteiger partial charge on any atom is -0.370 e. The van der Waals surface area contributed by atoms with E-state index in [2.05, 4.69) is 62.5 Å². The normalized spacial score (nSPS) is 10.4. The van der Waals surface area contributed by atoms with Gasteiger partial charge in [-0.05, 0) is 53.9 Å². The number of aromatic nitrogens is 2. The van der Waals surface area contributed by atoms with E-state index in [1.165, 1.54) is 5.56 Å². The summed E-state index contributed by atoms with van der Waals surface area (Å²) in [5, 5.41) is 6.66. The van der Waals surface area contributed by atoms with Gasteiger partial charge in [-0.2, -0.15) is 0 Å². The second-order valence-corrected chi connectivity index (χ2v) is 5.59. The molecule has 2 N–H and O–H groups in total. The highest BCUT2D eigenvalue weighted by Crippen LogP contribution is 2.28. The summed E-state index contributed by atoms with van der Waals surface area (Å²) in [5.74, 6) is 1.70. The number of anilines is 3. The Morgan fingerprint density at radius 2 is 1.90 bits per heavy atom. The molecule has 106 valence electrons. The molecule has 4 nitrogen and oxygen atoms in total. The summed E-state index contributed by atoms with van der Waals surface area (Å²) in [4.78, 5) is 8.60. The third-order valence-electron chi connectivity index (χ3n) is 3.00. The maximum atomic E-state index is 4.32. The van der Waals surface area contributed by atoms with Crippen LogP contribution in [0.5, 0.6) is 0 Å². The molecule has 0 spiro atoms. The lowest BCUT2D eigenvalue weighted by Crippen LogP contribution is -2.07. The van der Waals surface area contributed by atoms with Crippen molar-refractivity contribution in [2.45, 2.75) is 27.2 Å². The van der Waals surface area contributed by atoms with E-state index in [9.17, 15) is 0 Å². The van der Waals surface area contributed by atoms with E-state index in [0.29, 0.717) is 0 Å². The van der Waals surface area contributed by atoms with E-state index < -0.39 is 0 Å². The van der Waals surface area contributed by atoms with E-state index >= 15 is 0 Å². The van der Waals surface area contributed by atoms with Crippen LogP contribution in [0.2, 0.25) is 0 Å². The van der Waals surface area contributed by atoms with E-state index in [-0.39, 0.29) is 0 Å². The number of nitrogens with zero attached hydrogens (tertiary/aromatic N) is 2. The predicted octanol–water partition coefficient (Wildman–Crippen LogP) is 4.42. The van der Waals surface area contributed by atoms with Crippen molar-refractivity contribution in [1.82, 2.24) is 9.97 Å². The van der Waals surface area contributed by atoms with Gasteiger partial charge in [-0.3, -0.25) is 0 Å².